The van der Waals surface area contributed by atoms with Crippen molar-refractivity contribution in [1.29, 1.82) is 0 Å². The molecule has 36 heavy (non-hydrogen) atoms. The van der Waals surface area contributed by atoms with Crippen LogP contribution >= 0.6 is 22.9 Å². The number of benzene rings is 1. The maximum atomic E-state index is 13.3. The third-order valence-corrected chi connectivity index (χ3v) is 7.24. The number of halogens is 1. The Morgan fingerprint density at radius 2 is 2.06 bits per heavy atom. The Kier molecular flexibility index (Phi) is 7.90. The summed E-state index contributed by atoms with van der Waals surface area (Å²) < 4.78 is 10.8. The number of esters is 1. The number of piperazine rings is 1. The third kappa shape index (κ3) is 5.52. The van der Waals surface area contributed by atoms with Crippen LogP contribution in [-0.4, -0.2) is 70.4 Å². The molecule has 2 N–H and O–H groups in total. The molecule has 0 bridgehead atoms. The van der Waals surface area contributed by atoms with Crippen LogP contribution in [0.1, 0.15) is 24.5 Å². The molecule has 4 rings (SSSR count). The SMILES string of the molecule is CC[C@H]1C(=O)N(Cc2ccc3c(N)ncnc3c2)CCN1C(=O)COc1sc(Cl)cc1CC(=O)OC. The maximum Gasteiger partial charge on any atom is 0.310 e. The lowest BCUT2D eigenvalue weighted by Gasteiger charge is -2.40. The fourth-order valence-corrected chi connectivity index (χ4v) is 5.29. The Balaban J connectivity index is 1.40. The fourth-order valence-electron chi connectivity index (χ4n) is 4.19. The molecule has 3 aromatic rings. The van der Waals surface area contributed by atoms with E-state index in [0.717, 1.165) is 22.3 Å². The van der Waals surface area contributed by atoms with Crippen molar-refractivity contribution < 1.29 is 23.9 Å². The molecule has 0 saturated carbocycles. The number of aromatic nitrogens is 2. The van der Waals surface area contributed by atoms with Crippen LogP contribution in [0.25, 0.3) is 10.9 Å². The number of rotatable bonds is 8. The van der Waals surface area contributed by atoms with Gasteiger partial charge in [-0.05, 0) is 30.2 Å². The smallest absolute Gasteiger partial charge is 0.310 e. The van der Waals surface area contributed by atoms with E-state index in [9.17, 15) is 14.4 Å². The molecule has 0 unspecified atom stereocenters. The number of methoxy groups -OCH3 is 1. The molecule has 3 heterocycles. The summed E-state index contributed by atoms with van der Waals surface area (Å²) in [4.78, 5) is 49.5. The number of nitrogen functional groups attached to an aromatic ring is 1. The Morgan fingerprint density at radius 3 is 2.81 bits per heavy atom. The van der Waals surface area contributed by atoms with E-state index in [0.29, 0.717) is 52.4 Å². The van der Waals surface area contributed by atoms with Gasteiger partial charge in [-0.1, -0.05) is 35.9 Å². The normalized spacial score (nSPS) is 15.9. The third-order valence-electron chi connectivity index (χ3n) is 6.03. The summed E-state index contributed by atoms with van der Waals surface area (Å²) >= 11 is 7.21. The number of carbonyl (C=O) groups is 3. The van der Waals surface area contributed by atoms with Crippen molar-refractivity contribution >= 4 is 57.4 Å². The van der Waals surface area contributed by atoms with Crippen molar-refractivity contribution in [3.63, 3.8) is 0 Å². The highest BCUT2D eigenvalue weighted by Crippen LogP contribution is 2.34. The minimum Gasteiger partial charge on any atom is -0.474 e. The molecule has 1 aromatic carbocycles. The molecular formula is C24H26ClN5O5S. The molecular weight excluding hydrogens is 506 g/mol. The Bertz CT molecular complexity index is 1300. The number of ether oxygens (including phenoxy) is 2. The van der Waals surface area contributed by atoms with Gasteiger partial charge in [0.1, 0.15) is 18.2 Å². The molecule has 0 spiro atoms. The Labute approximate surface area is 216 Å². The molecule has 12 heteroatoms. The predicted molar refractivity (Wildman–Crippen MR) is 136 cm³/mol. The Morgan fingerprint density at radius 1 is 1.25 bits per heavy atom. The zero-order valence-electron chi connectivity index (χ0n) is 19.9. The lowest BCUT2D eigenvalue weighted by atomic mass is 10.1. The number of nitrogens with zero attached hydrogens (tertiary/aromatic N) is 4. The quantitative estimate of drug-likeness (QED) is 0.439. The van der Waals surface area contributed by atoms with Crippen LogP contribution in [0.15, 0.2) is 30.6 Å². The second-order valence-corrected chi connectivity index (χ2v) is 9.93. The summed E-state index contributed by atoms with van der Waals surface area (Å²) in [6.07, 6.45) is 1.88. The molecule has 2 amide bonds. The number of hydrogen-bond acceptors (Lipinski definition) is 9. The molecule has 1 aliphatic rings. The van der Waals surface area contributed by atoms with Crippen LogP contribution in [-0.2, 0) is 32.1 Å². The summed E-state index contributed by atoms with van der Waals surface area (Å²) in [6.45, 7) is 2.79. The molecule has 1 atom stereocenters. The highest BCUT2D eigenvalue weighted by Gasteiger charge is 2.36. The predicted octanol–water partition coefficient (Wildman–Crippen LogP) is 2.67. The number of anilines is 1. The number of nitrogens with two attached hydrogens (primary N) is 1. The minimum absolute atomic E-state index is 0.00855. The molecule has 190 valence electrons. The van der Waals surface area contributed by atoms with E-state index in [1.165, 1.54) is 13.4 Å². The minimum atomic E-state index is -0.588. The van der Waals surface area contributed by atoms with E-state index in [-0.39, 0.29) is 24.8 Å². The second kappa shape index (κ2) is 11.1. The van der Waals surface area contributed by atoms with Gasteiger partial charge in [0.15, 0.2) is 11.7 Å². The first-order valence-corrected chi connectivity index (χ1v) is 12.5. The van der Waals surface area contributed by atoms with Gasteiger partial charge >= 0.3 is 5.97 Å². The number of fused-ring (bicyclic) bond motifs is 1. The molecule has 0 radical (unpaired) electrons. The van der Waals surface area contributed by atoms with E-state index in [1.54, 1.807) is 15.9 Å². The van der Waals surface area contributed by atoms with Gasteiger partial charge in [-0.2, -0.15) is 0 Å². The zero-order valence-corrected chi connectivity index (χ0v) is 21.5. The van der Waals surface area contributed by atoms with E-state index >= 15 is 0 Å². The summed E-state index contributed by atoms with van der Waals surface area (Å²) in [5, 5.41) is 1.15. The van der Waals surface area contributed by atoms with Gasteiger partial charge in [0.05, 0.1) is 23.4 Å². The molecule has 0 aliphatic carbocycles. The van der Waals surface area contributed by atoms with Gasteiger partial charge in [-0.15, -0.1) is 0 Å². The molecule has 2 aromatic heterocycles. The number of amides is 2. The topological polar surface area (TPSA) is 128 Å². The average Bonchev–Trinajstić information content (AvgIpc) is 3.22. The highest BCUT2D eigenvalue weighted by molar-refractivity contribution is 7.18. The zero-order chi connectivity index (χ0) is 25.8. The van der Waals surface area contributed by atoms with Crippen molar-refractivity contribution in [2.45, 2.75) is 32.4 Å². The summed E-state index contributed by atoms with van der Waals surface area (Å²) in [6, 6.07) is 6.68. The molecule has 1 aliphatic heterocycles. The van der Waals surface area contributed by atoms with Gasteiger partial charge in [0.2, 0.25) is 5.91 Å². The van der Waals surface area contributed by atoms with Gasteiger partial charge in [0, 0.05) is 30.6 Å². The first-order chi connectivity index (χ1) is 17.3. The van der Waals surface area contributed by atoms with Crippen molar-refractivity contribution in [3.8, 4) is 5.06 Å². The van der Waals surface area contributed by atoms with Crippen molar-refractivity contribution in [1.82, 2.24) is 19.8 Å². The lowest BCUT2D eigenvalue weighted by Crippen LogP contribution is -2.59. The van der Waals surface area contributed by atoms with E-state index in [1.807, 2.05) is 25.1 Å². The average molecular weight is 532 g/mol. The van der Waals surface area contributed by atoms with Gasteiger partial charge in [-0.25, -0.2) is 9.97 Å². The van der Waals surface area contributed by atoms with Crippen LogP contribution < -0.4 is 10.5 Å². The van der Waals surface area contributed by atoms with E-state index < -0.39 is 12.0 Å². The van der Waals surface area contributed by atoms with E-state index in [2.05, 4.69) is 9.97 Å². The van der Waals surface area contributed by atoms with Crippen molar-refractivity contribution in [3.05, 3.63) is 46.1 Å². The fraction of sp³-hybridized carbons (Fsp3) is 0.375. The monoisotopic (exact) mass is 531 g/mol. The van der Waals surface area contributed by atoms with Gasteiger partial charge in [-0.3, -0.25) is 14.4 Å². The largest absolute Gasteiger partial charge is 0.474 e. The highest BCUT2D eigenvalue weighted by atomic mass is 35.5. The van der Waals surface area contributed by atoms with Crippen molar-refractivity contribution in [2.75, 3.05) is 32.5 Å². The van der Waals surface area contributed by atoms with Crippen LogP contribution in [0.2, 0.25) is 4.34 Å². The first-order valence-electron chi connectivity index (χ1n) is 11.4. The lowest BCUT2D eigenvalue weighted by molar-refractivity contribution is -0.153. The summed E-state index contributed by atoms with van der Waals surface area (Å²) in [7, 11) is 1.30. The van der Waals surface area contributed by atoms with Crippen LogP contribution in [0, 0.1) is 0 Å². The van der Waals surface area contributed by atoms with Crippen molar-refractivity contribution in [2.24, 2.45) is 0 Å². The second-order valence-electron chi connectivity index (χ2n) is 8.29. The van der Waals surface area contributed by atoms with Gasteiger partial charge < -0.3 is 25.0 Å². The molecule has 10 nitrogen and oxygen atoms in total. The first kappa shape index (κ1) is 25.6. The maximum absolute atomic E-state index is 13.3. The summed E-state index contributed by atoms with van der Waals surface area (Å²) in [5.74, 6) is -0.452. The summed E-state index contributed by atoms with van der Waals surface area (Å²) in [5.41, 5.74) is 8.09. The van der Waals surface area contributed by atoms with Gasteiger partial charge in [0.25, 0.3) is 5.91 Å². The standard InChI is InChI=1S/C24H26ClN5O5S/c1-3-18-23(33)29(11-14-4-5-16-17(8-14)27-13-28-22(16)26)6-7-30(18)20(31)12-35-24-15(9-19(25)36-24)10-21(32)34-2/h4-5,8-9,13,18H,3,6-7,10-12H2,1-2H3,(H2,26,27,28)/t18-/m0/s1. The van der Waals surface area contributed by atoms with Crippen LogP contribution in [0.5, 0.6) is 5.06 Å². The Hall–Kier alpha value is -3.44. The van der Waals surface area contributed by atoms with Crippen LogP contribution in [0.4, 0.5) is 5.82 Å². The molecule has 1 saturated heterocycles. The van der Waals surface area contributed by atoms with Crippen LogP contribution in [0.3, 0.4) is 0 Å². The number of carbonyl (C=O) groups excluding carboxylic acids is 3. The number of thiophene rings is 1. The number of hydrogen-bond donors (Lipinski definition) is 1. The van der Waals surface area contributed by atoms with E-state index in [4.69, 9.17) is 26.8 Å². The molecule has 1 fully saturated rings.